The van der Waals surface area contributed by atoms with Crippen molar-refractivity contribution in [3.8, 4) is 11.5 Å². The minimum absolute atomic E-state index is 0.00458. The molecule has 2 aliphatic heterocycles. The maximum atomic E-state index is 13.1. The minimum Gasteiger partial charge on any atom is -0.490 e. The number of anilines is 1. The molecule has 348 valence electrons. The van der Waals surface area contributed by atoms with Crippen molar-refractivity contribution in [2.24, 2.45) is 11.5 Å². The lowest BCUT2D eigenvalue weighted by Crippen LogP contribution is -2.57. The number of piperidine rings is 1. The van der Waals surface area contributed by atoms with Gasteiger partial charge in [0.05, 0.1) is 24.9 Å². The molecule has 2 aliphatic rings. The molecule has 0 spiro atoms. The number of rotatable bonds is 22. The van der Waals surface area contributed by atoms with Crippen LogP contribution in [-0.2, 0) is 30.3 Å². The number of ether oxygens (including phenoxy) is 5. The first kappa shape index (κ1) is 49.0. The van der Waals surface area contributed by atoms with Crippen LogP contribution < -0.4 is 42.4 Å². The van der Waals surface area contributed by atoms with Gasteiger partial charge in [-0.2, -0.15) is 0 Å². The molecular weight excluding hydrogens is 839 g/mol. The van der Waals surface area contributed by atoms with E-state index in [0.717, 1.165) is 28.1 Å². The molecule has 0 radical (unpaired) electrons. The van der Waals surface area contributed by atoms with Crippen molar-refractivity contribution in [2.45, 2.75) is 107 Å². The van der Waals surface area contributed by atoms with Gasteiger partial charge < -0.3 is 60.7 Å². The Morgan fingerprint density at radius 2 is 1.73 bits per heavy atom. The number of carbonyl (C=O) groups excluding carboxylic acids is 2. The molecule has 19 nitrogen and oxygen atoms in total. The highest BCUT2D eigenvalue weighted by molar-refractivity contribution is 5.80. The standard InChI is InChI=1S/C41H56F3N7O12/c1-24(59-39(31(54)23-52)51-19-15-34(56)48-40(51)58)37(62-35-20-30(53)32(21-45)61-35)36(38(46)57)49(2)16-3-4-33(55)47-22-25-5-7-26(8-6-25)50-17-13-28(14-18-50)60-27-9-11-29(12-10-27)63-41(42,43)44/h5-12,15,19,24,28,30-32,35-37,39,52-54H,3-4,13-14,16-18,20-23,45H2,1-2H3,(H2,46,57)(H,47,55)(H,48,56,58)/t24-,30-,31?,32+,35-,36-,37+,39+/m0/s1. The molecule has 0 aliphatic carbocycles. The Kier molecular flexibility index (Phi) is 17.5. The van der Waals surface area contributed by atoms with Crippen LogP contribution in [0.3, 0.4) is 0 Å². The SMILES string of the molecule is C[C@H](O[C@H](C(O)CO)n1ccc(=O)[nH]c1=O)[C@@H](O[C@H]1C[C@H](O)[C@@H](CN)O1)[C@@H](C(N)=O)N(C)CCCC(=O)NCc1ccc(N2CCC(Oc3ccc(OC(F)(F)F)cc3)CC2)cc1. The summed E-state index contributed by atoms with van der Waals surface area (Å²) in [5.41, 5.74) is 11.9. The van der Waals surface area contributed by atoms with Gasteiger partial charge in [-0.15, -0.1) is 13.2 Å². The zero-order chi connectivity index (χ0) is 45.8. The number of likely N-dealkylation sites (N-methyl/N-ethyl adjacent to an activating group) is 1. The first-order chi connectivity index (χ1) is 29.9. The van der Waals surface area contributed by atoms with Crippen LogP contribution in [0, 0.1) is 0 Å². The minimum atomic E-state index is -4.76. The summed E-state index contributed by atoms with van der Waals surface area (Å²) in [7, 11) is 1.59. The van der Waals surface area contributed by atoms with E-state index in [1.807, 2.05) is 24.3 Å². The highest BCUT2D eigenvalue weighted by Gasteiger charge is 2.43. The average molecular weight is 896 g/mol. The molecule has 3 heterocycles. The third-order valence-corrected chi connectivity index (χ3v) is 10.8. The Bertz CT molecular complexity index is 2030. The molecule has 2 amide bonds. The Labute approximate surface area is 360 Å². The number of nitrogens with two attached hydrogens (primary N) is 2. The van der Waals surface area contributed by atoms with Crippen molar-refractivity contribution in [2.75, 3.05) is 44.7 Å². The summed E-state index contributed by atoms with van der Waals surface area (Å²) in [4.78, 5) is 56.2. The number of benzene rings is 2. The third-order valence-electron chi connectivity index (χ3n) is 10.8. The molecule has 3 aromatic rings. The van der Waals surface area contributed by atoms with Gasteiger partial charge >= 0.3 is 12.1 Å². The lowest BCUT2D eigenvalue weighted by Gasteiger charge is -2.38. The molecule has 8 atom stereocenters. The predicted molar refractivity (Wildman–Crippen MR) is 219 cm³/mol. The van der Waals surface area contributed by atoms with Crippen molar-refractivity contribution < 1.29 is 61.8 Å². The Hall–Kier alpha value is -5.07. The number of aromatic nitrogens is 2. The van der Waals surface area contributed by atoms with Crippen LogP contribution in [0.4, 0.5) is 18.9 Å². The maximum absolute atomic E-state index is 13.1. The number of nitrogens with one attached hydrogen (secondary N) is 2. The zero-order valence-corrected chi connectivity index (χ0v) is 34.9. The van der Waals surface area contributed by atoms with Crippen LogP contribution in [-0.4, -0.2) is 137 Å². The molecule has 1 unspecified atom stereocenters. The molecule has 63 heavy (non-hydrogen) atoms. The summed E-state index contributed by atoms with van der Waals surface area (Å²) >= 11 is 0. The fraction of sp³-hybridized carbons (Fsp3) is 0.561. The first-order valence-electron chi connectivity index (χ1n) is 20.5. The molecular formula is C41H56F3N7O12. The number of carbonyl (C=O) groups is 2. The fourth-order valence-electron chi connectivity index (χ4n) is 7.48. The van der Waals surface area contributed by atoms with E-state index < -0.39 is 79.2 Å². The van der Waals surface area contributed by atoms with Crippen molar-refractivity contribution in [1.29, 1.82) is 0 Å². The summed E-state index contributed by atoms with van der Waals surface area (Å²) < 4.78 is 66.1. The second-order valence-electron chi connectivity index (χ2n) is 15.4. The van der Waals surface area contributed by atoms with Gasteiger partial charge in [-0.25, -0.2) is 4.79 Å². The van der Waals surface area contributed by atoms with Gasteiger partial charge in [0.25, 0.3) is 5.56 Å². The second-order valence-corrected chi connectivity index (χ2v) is 15.4. The number of H-pyrrole nitrogens is 1. The summed E-state index contributed by atoms with van der Waals surface area (Å²) in [6.45, 7) is 2.49. The molecule has 1 aromatic heterocycles. The molecule has 0 saturated carbocycles. The van der Waals surface area contributed by atoms with Crippen LogP contribution in [0.15, 0.2) is 70.4 Å². The summed E-state index contributed by atoms with van der Waals surface area (Å²) in [6, 6.07) is 12.9. The number of aliphatic hydroxyl groups is 3. The number of primary amides is 1. The monoisotopic (exact) mass is 895 g/mol. The van der Waals surface area contributed by atoms with Crippen LogP contribution in [0.25, 0.3) is 0 Å². The number of nitrogens with zero attached hydrogens (tertiary/aromatic N) is 3. The predicted octanol–water partition coefficient (Wildman–Crippen LogP) is 0.442. The van der Waals surface area contributed by atoms with E-state index >= 15 is 0 Å². The maximum Gasteiger partial charge on any atom is 0.573 e. The van der Waals surface area contributed by atoms with Crippen molar-refractivity contribution in [3.05, 3.63) is 87.2 Å². The highest BCUT2D eigenvalue weighted by Crippen LogP contribution is 2.29. The van der Waals surface area contributed by atoms with E-state index in [1.54, 1.807) is 11.9 Å². The van der Waals surface area contributed by atoms with Gasteiger partial charge in [-0.3, -0.25) is 28.8 Å². The van der Waals surface area contributed by atoms with Gasteiger partial charge in [-0.05, 0) is 68.9 Å². The normalized spacial score (nSPS) is 20.8. The molecule has 5 rings (SSSR count). The topological polar surface area (TPSA) is 266 Å². The van der Waals surface area contributed by atoms with Gasteiger partial charge in [-0.1, -0.05) is 12.1 Å². The molecule has 2 aromatic carbocycles. The number of amides is 2. The van der Waals surface area contributed by atoms with E-state index in [-0.39, 0.29) is 56.7 Å². The summed E-state index contributed by atoms with van der Waals surface area (Å²) in [6.07, 6.45) is -10.4. The highest BCUT2D eigenvalue weighted by atomic mass is 19.4. The second kappa shape index (κ2) is 22.5. The number of aromatic amines is 1. The molecule has 2 saturated heterocycles. The van der Waals surface area contributed by atoms with Crippen LogP contribution in [0.5, 0.6) is 11.5 Å². The number of alkyl halides is 3. The van der Waals surface area contributed by atoms with E-state index in [2.05, 4.69) is 19.9 Å². The van der Waals surface area contributed by atoms with E-state index in [9.17, 15) is 47.7 Å². The van der Waals surface area contributed by atoms with Crippen LogP contribution in [0.1, 0.15) is 50.8 Å². The lowest BCUT2D eigenvalue weighted by molar-refractivity contribution is -0.274. The van der Waals surface area contributed by atoms with Gasteiger partial charge in [0.15, 0.2) is 12.5 Å². The number of hydrogen-bond donors (Lipinski definition) is 7. The number of halogens is 3. The van der Waals surface area contributed by atoms with E-state index in [0.29, 0.717) is 31.7 Å². The van der Waals surface area contributed by atoms with E-state index in [1.165, 1.54) is 31.2 Å². The van der Waals surface area contributed by atoms with Gasteiger partial charge in [0.1, 0.15) is 35.9 Å². The van der Waals surface area contributed by atoms with Gasteiger partial charge in [0, 0.05) is 69.8 Å². The lowest BCUT2D eigenvalue weighted by atomic mass is 10.0. The summed E-state index contributed by atoms with van der Waals surface area (Å²) in [5.74, 6) is -0.944. The Morgan fingerprint density at radius 3 is 2.32 bits per heavy atom. The quantitative estimate of drug-likeness (QED) is 0.0722. The Balaban J connectivity index is 1.12. The molecule has 9 N–H and O–H groups in total. The number of hydrogen-bond acceptors (Lipinski definition) is 15. The zero-order valence-electron chi connectivity index (χ0n) is 34.9. The molecule has 0 bridgehead atoms. The molecule has 22 heteroatoms. The Morgan fingerprint density at radius 1 is 1.06 bits per heavy atom. The fourth-order valence-corrected chi connectivity index (χ4v) is 7.48. The molecule has 2 fully saturated rings. The largest absolute Gasteiger partial charge is 0.573 e. The van der Waals surface area contributed by atoms with Gasteiger partial charge in [0.2, 0.25) is 11.8 Å². The van der Waals surface area contributed by atoms with Crippen molar-refractivity contribution in [3.63, 3.8) is 0 Å². The van der Waals surface area contributed by atoms with E-state index in [4.69, 9.17) is 30.4 Å². The van der Waals surface area contributed by atoms with Crippen molar-refractivity contribution >= 4 is 17.5 Å². The van der Waals surface area contributed by atoms with Crippen LogP contribution >= 0.6 is 0 Å². The smallest absolute Gasteiger partial charge is 0.490 e. The summed E-state index contributed by atoms with van der Waals surface area (Å²) in [5, 5.41) is 33.8. The number of aliphatic hydroxyl groups excluding tert-OH is 3. The first-order valence-corrected chi connectivity index (χ1v) is 20.5. The van der Waals surface area contributed by atoms with Crippen molar-refractivity contribution in [1.82, 2.24) is 19.8 Å². The average Bonchev–Trinajstić information content (AvgIpc) is 3.60. The third kappa shape index (κ3) is 14.2. The van der Waals surface area contributed by atoms with Crippen LogP contribution in [0.2, 0.25) is 0 Å².